The summed E-state index contributed by atoms with van der Waals surface area (Å²) in [5.41, 5.74) is 1.31. The van der Waals surface area contributed by atoms with Crippen LogP contribution in [-0.2, 0) is 20.7 Å². The van der Waals surface area contributed by atoms with E-state index in [4.69, 9.17) is 25.6 Å². The molecule has 0 saturated carbocycles. The number of halogens is 1. The maximum Gasteiger partial charge on any atom is 0.492 e. The largest absolute Gasteiger partial charge is 0.492 e. The van der Waals surface area contributed by atoms with Gasteiger partial charge >= 0.3 is 13.2 Å². The van der Waals surface area contributed by atoms with Crippen LogP contribution in [0.4, 0.5) is 4.79 Å². The van der Waals surface area contributed by atoms with Crippen LogP contribution in [0.25, 0.3) is 6.08 Å². The lowest BCUT2D eigenvalue weighted by atomic mass is 9.77. The number of hydrogen-bond acceptors (Lipinski definition) is 5. The van der Waals surface area contributed by atoms with Crippen molar-refractivity contribution in [3.05, 3.63) is 70.4 Å². The minimum absolute atomic E-state index is 0.176. The van der Waals surface area contributed by atoms with Crippen molar-refractivity contribution in [2.24, 2.45) is 0 Å². The van der Waals surface area contributed by atoms with Gasteiger partial charge in [-0.05, 0) is 44.8 Å². The van der Waals surface area contributed by atoms with Crippen LogP contribution in [0.1, 0.15) is 38.8 Å². The first-order valence-electron chi connectivity index (χ1n) is 9.78. The Morgan fingerprint density at radius 3 is 2.47 bits per heavy atom. The van der Waals surface area contributed by atoms with E-state index in [1.54, 1.807) is 18.5 Å². The fourth-order valence-electron chi connectivity index (χ4n) is 2.84. The molecule has 1 aromatic carbocycles. The van der Waals surface area contributed by atoms with E-state index in [1.807, 2.05) is 64.1 Å². The number of benzene rings is 1. The van der Waals surface area contributed by atoms with Crippen LogP contribution in [0.2, 0.25) is 5.02 Å². The Balaban J connectivity index is 1.72. The van der Waals surface area contributed by atoms with E-state index in [0.717, 1.165) is 5.56 Å². The first-order valence-corrected chi connectivity index (χ1v) is 10.2. The Morgan fingerprint density at radius 1 is 1.17 bits per heavy atom. The Morgan fingerprint density at radius 2 is 1.83 bits per heavy atom. The topological polar surface area (TPSA) is 69.7 Å². The molecule has 2 heterocycles. The fourth-order valence-corrected chi connectivity index (χ4v) is 3.00. The summed E-state index contributed by atoms with van der Waals surface area (Å²) in [5, 5.41) is 3.32. The van der Waals surface area contributed by atoms with Gasteiger partial charge in [-0.25, -0.2) is 4.79 Å². The molecule has 8 heteroatoms. The van der Waals surface area contributed by atoms with Crippen molar-refractivity contribution < 1.29 is 18.8 Å². The summed E-state index contributed by atoms with van der Waals surface area (Å²) in [6, 6.07) is 11.2. The Hall–Kier alpha value is -2.35. The zero-order valence-corrected chi connectivity index (χ0v) is 18.4. The Labute approximate surface area is 182 Å². The highest BCUT2D eigenvalue weighted by Crippen LogP contribution is 2.39. The maximum absolute atomic E-state index is 12.2. The molecule has 1 N–H and O–H groups in total. The summed E-state index contributed by atoms with van der Waals surface area (Å²) >= 11 is 6.29. The molecule has 1 fully saturated rings. The van der Waals surface area contributed by atoms with Crippen LogP contribution in [-0.4, -0.2) is 35.9 Å². The number of pyridine rings is 1. The predicted octanol–water partition coefficient (Wildman–Crippen LogP) is 4.68. The van der Waals surface area contributed by atoms with Crippen molar-refractivity contribution in [1.29, 1.82) is 0 Å². The molecule has 0 atom stereocenters. The van der Waals surface area contributed by atoms with Crippen molar-refractivity contribution >= 4 is 30.9 Å². The molecule has 1 aliphatic heterocycles. The number of rotatable bonds is 6. The third-order valence-electron chi connectivity index (χ3n) is 5.34. The molecule has 0 unspecified atom stereocenters. The van der Waals surface area contributed by atoms with Crippen molar-refractivity contribution in [2.75, 3.05) is 6.54 Å². The van der Waals surface area contributed by atoms with Gasteiger partial charge in [-0.1, -0.05) is 48.0 Å². The second-order valence-corrected chi connectivity index (χ2v) is 8.53. The fraction of sp³-hybridized carbons (Fsp3) is 0.364. The lowest BCUT2D eigenvalue weighted by Crippen LogP contribution is -2.41. The zero-order chi connectivity index (χ0) is 21.8. The van der Waals surface area contributed by atoms with E-state index in [9.17, 15) is 4.79 Å². The molecule has 3 rings (SSSR count). The van der Waals surface area contributed by atoms with Crippen LogP contribution in [0.5, 0.6) is 0 Å². The average Bonchev–Trinajstić information content (AvgIpc) is 2.92. The van der Waals surface area contributed by atoms with Gasteiger partial charge in [-0.3, -0.25) is 4.98 Å². The quantitative estimate of drug-likeness (QED) is 0.677. The second-order valence-electron chi connectivity index (χ2n) is 8.12. The molecule has 0 radical (unpaired) electrons. The molecule has 0 bridgehead atoms. The number of alkyl carbamates (subject to hydrolysis) is 1. The van der Waals surface area contributed by atoms with Crippen LogP contribution in [0, 0.1) is 0 Å². The standard InChI is InChI=1S/C22H26BClN2O4/c1-21(2)22(3,4)30-23(29-21)18(12-17-13-25-11-10-19(17)24)14-26-20(27)28-15-16-8-6-5-7-9-16/h5-13H,14-15H2,1-4H3,(H,26,27). The van der Waals surface area contributed by atoms with E-state index < -0.39 is 24.4 Å². The van der Waals surface area contributed by atoms with Gasteiger partial charge in [0.2, 0.25) is 0 Å². The van der Waals surface area contributed by atoms with Crippen molar-refractivity contribution in [2.45, 2.75) is 45.5 Å². The molecule has 0 aliphatic carbocycles. The van der Waals surface area contributed by atoms with E-state index in [-0.39, 0.29) is 13.2 Å². The highest BCUT2D eigenvalue weighted by molar-refractivity contribution is 6.56. The van der Waals surface area contributed by atoms with E-state index in [1.165, 1.54) is 0 Å². The molecular formula is C22H26BClN2O4. The van der Waals surface area contributed by atoms with Crippen molar-refractivity contribution in [1.82, 2.24) is 10.3 Å². The summed E-state index contributed by atoms with van der Waals surface area (Å²) in [6.07, 6.45) is 4.57. The molecule has 0 spiro atoms. The lowest BCUT2D eigenvalue weighted by molar-refractivity contribution is 0.00578. The van der Waals surface area contributed by atoms with E-state index >= 15 is 0 Å². The molecule has 2 aromatic rings. The number of nitrogens with zero attached hydrogens (tertiary/aromatic N) is 1. The number of ether oxygens (including phenoxy) is 1. The molecule has 1 amide bonds. The first kappa shape index (κ1) is 22.3. The lowest BCUT2D eigenvalue weighted by Gasteiger charge is -2.32. The van der Waals surface area contributed by atoms with Gasteiger partial charge in [0.15, 0.2) is 0 Å². The SMILES string of the molecule is CC1(C)OB(C(=Cc2cnccc2Cl)CNC(=O)OCc2ccccc2)OC1(C)C. The molecule has 1 aliphatic rings. The summed E-state index contributed by atoms with van der Waals surface area (Å²) in [7, 11) is -0.638. The number of nitrogens with one attached hydrogen (secondary N) is 1. The maximum atomic E-state index is 12.2. The first-order chi connectivity index (χ1) is 14.2. The number of amides is 1. The van der Waals surface area contributed by atoms with Crippen molar-refractivity contribution in [3.8, 4) is 0 Å². The monoisotopic (exact) mass is 428 g/mol. The number of aromatic nitrogens is 1. The molecule has 1 saturated heterocycles. The minimum Gasteiger partial charge on any atom is -0.445 e. The van der Waals surface area contributed by atoms with Crippen LogP contribution >= 0.6 is 11.6 Å². The minimum atomic E-state index is -0.638. The van der Waals surface area contributed by atoms with Gasteiger partial charge in [-0.15, -0.1) is 0 Å². The smallest absolute Gasteiger partial charge is 0.445 e. The normalized spacial score (nSPS) is 17.6. The van der Waals surface area contributed by atoms with Gasteiger partial charge in [0.1, 0.15) is 6.61 Å². The van der Waals surface area contributed by atoms with Gasteiger partial charge in [0.25, 0.3) is 0 Å². The molecular weight excluding hydrogens is 403 g/mol. The van der Waals surface area contributed by atoms with E-state index in [0.29, 0.717) is 16.1 Å². The van der Waals surface area contributed by atoms with Gasteiger partial charge < -0.3 is 19.4 Å². The molecule has 1 aromatic heterocycles. The summed E-state index contributed by atoms with van der Waals surface area (Å²) in [5.74, 6) is 0. The third-order valence-corrected chi connectivity index (χ3v) is 5.69. The molecule has 6 nitrogen and oxygen atoms in total. The second kappa shape index (κ2) is 9.21. The van der Waals surface area contributed by atoms with Crippen molar-refractivity contribution in [3.63, 3.8) is 0 Å². The molecule has 158 valence electrons. The van der Waals surface area contributed by atoms with Crippen LogP contribution in [0.15, 0.2) is 54.3 Å². The summed E-state index contributed by atoms with van der Waals surface area (Å²) in [4.78, 5) is 16.3. The molecule has 30 heavy (non-hydrogen) atoms. The third kappa shape index (κ3) is 5.42. The highest BCUT2D eigenvalue weighted by Gasteiger charge is 2.52. The Bertz CT molecular complexity index is 902. The average molecular weight is 429 g/mol. The van der Waals surface area contributed by atoms with E-state index in [2.05, 4.69) is 10.3 Å². The zero-order valence-electron chi connectivity index (χ0n) is 17.6. The number of carbonyl (C=O) groups excluding carboxylic acids is 1. The predicted molar refractivity (Wildman–Crippen MR) is 118 cm³/mol. The van der Waals surface area contributed by atoms with Gasteiger partial charge in [0, 0.05) is 24.5 Å². The Kier molecular flexibility index (Phi) is 6.86. The highest BCUT2D eigenvalue weighted by atomic mass is 35.5. The summed E-state index contributed by atoms with van der Waals surface area (Å²) < 4.78 is 17.6. The van der Waals surface area contributed by atoms with Gasteiger partial charge in [0.05, 0.1) is 16.2 Å². The number of carbonyl (C=O) groups is 1. The van der Waals surface area contributed by atoms with Crippen LogP contribution in [0.3, 0.4) is 0 Å². The van der Waals surface area contributed by atoms with Crippen LogP contribution < -0.4 is 5.32 Å². The number of hydrogen-bond donors (Lipinski definition) is 1. The summed E-state index contributed by atoms with van der Waals surface area (Å²) in [6.45, 7) is 8.27. The van der Waals surface area contributed by atoms with Gasteiger partial charge in [-0.2, -0.15) is 0 Å².